The molecule has 1 unspecified atom stereocenters. The maximum atomic E-state index is 11.7. The molecule has 0 bridgehead atoms. The molecule has 3 N–H and O–H groups in total. The van der Waals surface area contributed by atoms with E-state index in [1.807, 2.05) is 0 Å². The van der Waals surface area contributed by atoms with E-state index in [-0.39, 0.29) is 19.6 Å². The summed E-state index contributed by atoms with van der Waals surface area (Å²) in [5, 5.41) is 13.8. The van der Waals surface area contributed by atoms with Crippen LogP contribution in [0.3, 0.4) is 0 Å². The number of hydrogen-bond donors (Lipinski definition) is 3. The SMILES string of the molecule is CC(C)(C)OC(=O)NC1CN(C(=O)O)CCNC1=O. The normalized spacial score (nSPS) is 20.3. The summed E-state index contributed by atoms with van der Waals surface area (Å²) >= 11 is 0. The second-order valence-corrected chi connectivity index (χ2v) is 5.22. The van der Waals surface area contributed by atoms with E-state index in [2.05, 4.69) is 10.6 Å². The van der Waals surface area contributed by atoms with Gasteiger partial charge in [0.2, 0.25) is 5.91 Å². The predicted molar refractivity (Wildman–Crippen MR) is 65.8 cm³/mol. The van der Waals surface area contributed by atoms with Gasteiger partial charge in [-0.1, -0.05) is 0 Å². The Hall–Kier alpha value is -1.99. The summed E-state index contributed by atoms with van der Waals surface area (Å²) in [6, 6.07) is -0.951. The van der Waals surface area contributed by atoms with Crippen LogP contribution in [0.5, 0.6) is 0 Å². The van der Waals surface area contributed by atoms with Crippen LogP contribution >= 0.6 is 0 Å². The number of amides is 3. The van der Waals surface area contributed by atoms with Gasteiger partial charge in [0, 0.05) is 13.1 Å². The van der Waals surface area contributed by atoms with Crippen molar-refractivity contribution in [3.8, 4) is 0 Å². The second-order valence-electron chi connectivity index (χ2n) is 5.22. The second kappa shape index (κ2) is 5.77. The third-order valence-corrected chi connectivity index (χ3v) is 2.36. The summed E-state index contributed by atoms with van der Waals surface area (Å²) < 4.78 is 5.03. The summed E-state index contributed by atoms with van der Waals surface area (Å²) in [5.74, 6) is -0.422. The number of rotatable bonds is 1. The van der Waals surface area contributed by atoms with Crippen molar-refractivity contribution < 1.29 is 24.2 Å². The average Bonchev–Trinajstić information content (AvgIpc) is 2.39. The topological polar surface area (TPSA) is 108 Å². The number of carbonyl (C=O) groups excluding carboxylic acids is 2. The first-order valence-corrected chi connectivity index (χ1v) is 5.94. The molecular formula is C11H19N3O5. The van der Waals surface area contributed by atoms with Crippen LogP contribution in [-0.4, -0.2) is 59.4 Å². The summed E-state index contributed by atoms with van der Waals surface area (Å²) in [6.45, 7) is 5.40. The third kappa shape index (κ3) is 5.02. The first kappa shape index (κ1) is 15.1. The lowest BCUT2D eigenvalue weighted by Gasteiger charge is -2.24. The standard InChI is InChI=1S/C11H19N3O5/c1-11(2,3)19-9(16)13-7-6-14(10(17)18)5-4-12-8(7)15/h7H,4-6H2,1-3H3,(H,12,15)(H,13,16)(H,17,18). The molecule has 0 aromatic carbocycles. The number of carboxylic acid groups (broad SMARTS) is 1. The highest BCUT2D eigenvalue weighted by Crippen LogP contribution is 2.07. The van der Waals surface area contributed by atoms with Crippen LogP contribution < -0.4 is 10.6 Å². The Bertz CT molecular complexity index is 377. The smallest absolute Gasteiger partial charge is 0.408 e. The molecule has 8 nitrogen and oxygen atoms in total. The van der Waals surface area contributed by atoms with Crippen molar-refractivity contribution in [3.63, 3.8) is 0 Å². The van der Waals surface area contributed by atoms with Crippen molar-refractivity contribution in [2.75, 3.05) is 19.6 Å². The molecule has 0 spiro atoms. The summed E-state index contributed by atoms with van der Waals surface area (Å²) in [5.41, 5.74) is -0.683. The van der Waals surface area contributed by atoms with Gasteiger partial charge in [0.15, 0.2) is 0 Å². The zero-order chi connectivity index (χ0) is 14.6. The summed E-state index contributed by atoms with van der Waals surface area (Å²) in [6.07, 6.45) is -1.88. The lowest BCUT2D eigenvalue weighted by Crippen LogP contribution is -2.51. The fourth-order valence-corrected chi connectivity index (χ4v) is 1.57. The highest BCUT2D eigenvalue weighted by molar-refractivity contribution is 5.86. The van der Waals surface area contributed by atoms with Gasteiger partial charge in [0.05, 0.1) is 6.54 Å². The van der Waals surface area contributed by atoms with E-state index in [9.17, 15) is 14.4 Å². The van der Waals surface area contributed by atoms with E-state index < -0.39 is 29.7 Å². The van der Waals surface area contributed by atoms with Crippen molar-refractivity contribution >= 4 is 18.1 Å². The van der Waals surface area contributed by atoms with Crippen LogP contribution in [0, 0.1) is 0 Å². The maximum absolute atomic E-state index is 11.7. The molecule has 8 heteroatoms. The van der Waals surface area contributed by atoms with Gasteiger partial charge in [-0.2, -0.15) is 0 Å². The van der Waals surface area contributed by atoms with Gasteiger partial charge in [-0.25, -0.2) is 9.59 Å². The molecule has 0 saturated carbocycles. The molecule has 0 radical (unpaired) electrons. The molecular weight excluding hydrogens is 254 g/mol. The number of nitrogens with one attached hydrogen (secondary N) is 2. The minimum Gasteiger partial charge on any atom is -0.465 e. The Morgan fingerprint density at radius 2 is 2.11 bits per heavy atom. The zero-order valence-electron chi connectivity index (χ0n) is 11.2. The molecule has 0 aromatic rings. The molecule has 19 heavy (non-hydrogen) atoms. The van der Waals surface area contributed by atoms with Crippen LogP contribution in [0.2, 0.25) is 0 Å². The molecule has 1 aliphatic heterocycles. The van der Waals surface area contributed by atoms with Crippen LogP contribution in [0.1, 0.15) is 20.8 Å². The third-order valence-electron chi connectivity index (χ3n) is 2.36. The van der Waals surface area contributed by atoms with Crippen molar-refractivity contribution in [1.82, 2.24) is 15.5 Å². The fourth-order valence-electron chi connectivity index (χ4n) is 1.57. The fraction of sp³-hybridized carbons (Fsp3) is 0.727. The lowest BCUT2D eigenvalue weighted by atomic mass is 10.2. The Morgan fingerprint density at radius 1 is 1.47 bits per heavy atom. The number of hydrogen-bond acceptors (Lipinski definition) is 4. The van der Waals surface area contributed by atoms with Crippen molar-refractivity contribution in [2.45, 2.75) is 32.4 Å². The molecule has 1 atom stereocenters. The van der Waals surface area contributed by atoms with Crippen LogP contribution in [-0.2, 0) is 9.53 Å². The lowest BCUT2D eigenvalue weighted by molar-refractivity contribution is -0.122. The summed E-state index contributed by atoms with van der Waals surface area (Å²) in [7, 11) is 0. The molecule has 1 rings (SSSR count). The minimum absolute atomic E-state index is 0.0968. The molecule has 1 heterocycles. The number of carbonyl (C=O) groups is 3. The predicted octanol–water partition coefficient (Wildman–Crippen LogP) is -0.0105. The monoisotopic (exact) mass is 273 g/mol. The van der Waals surface area contributed by atoms with Crippen molar-refractivity contribution in [1.29, 1.82) is 0 Å². The molecule has 108 valence electrons. The van der Waals surface area contributed by atoms with E-state index in [1.54, 1.807) is 20.8 Å². The van der Waals surface area contributed by atoms with Gasteiger partial charge in [0.25, 0.3) is 0 Å². The van der Waals surface area contributed by atoms with Gasteiger partial charge >= 0.3 is 12.2 Å². The van der Waals surface area contributed by atoms with Crippen LogP contribution in [0.4, 0.5) is 9.59 Å². The van der Waals surface area contributed by atoms with Gasteiger partial charge in [-0.05, 0) is 20.8 Å². The average molecular weight is 273 g/mol. The maximum Gasteiger partial charge on any atom is 0.408 e. The molecule has 0 aromatic heterocycles. The molecule has 1 fully saturated rings. The van der Waals surface area contributed by atoms with Gasteiger partial charge in [0.1, 0.15) is 11.6 Å². The van der Waals surface area contributed by atoms with E-state index in [4.69, 9.17) is 9.84 Å². The Labute approximate surface area is 111 Å². The number of ether oxygens (including phenoxy) is 1. The van der Waals surface area contributed by atoms with Gasteiger partial charge < -0.3 is 25.4 Å². The summed E-state index contributed by atoms with van der Waals surface area (Å²) in [4.78, 5) is 35.3. The van der Waals surface area contributed by atoms with Crippen LogP contribution in [0.15, 0.2) is 0 Å². The molecule has 1 saturated heterocycles. The highest BCUT2D eigenvalue weighted by Gasteiger charge is 2.30. The number of nitrogens with zero attached hydrogens (tertiary/aromatic N) is 1. The van der Waals surface area contributed by atoms with E-state index >= 15 is 0 Å². The quantitative estimate of drug-likeness (QED) is 0.622. The van der Waals surface area contributed by atoms with Gasteiger partial charge in [-0.15, -0.1) is 0 Å². The van der Waals surface area contributed by atoms with Gasteiger partial charge in [-0.3, -0.25) is 4.79 Å². The Balaban J connectivity index is 2.65. The first-order chi connectivity index (χ1) is 8.69. The highest BCUT2D eigenvalue weighted by atomic mass is 16.6. The molecule has 1 aliphatic rings. The first-order valence-electron chi connectivity index (χ1n) is 5.94. The van der Waals surface area contributed by atoms with E-state index in [0.29, 0.717) is 0 Å². The Morgan fingerprint density at radius 3 is 2.63 bits per heavy atom. The largest absolute Gasteiger partial charge is 0.465 e. The number of alkyl carbamates (subject to hydrolysis) is 1. The minimum atomic E-state index is -1.13. The van der Waals surface area contributed by atoms with Crippen molar-refractivity contribution in [2.24, 2.45) is 0 Å². The molecule has 0 aliphatic carbocycles. The van der Waals surface area contributed by atoms with E-state index in [1.165, 1.54) is 0 Å². The zero-order valence-corrected chi connectivity index (χ0v) is 11.2. The van der Waals surface area contributed by atoms with E-state index in [0.717, 1.165) is 4.90 Å². The van der Waals surface area contributed by atoms with Crippen LogP contribution in [0.25, 0.3) is 0 Å². The Kier molecular flexibility index (Phi) is 4.57. The van der Waals surface area contributed by atoms with Crippen molar-refractivity contribution in [3.05, 3.63) is 0 Å². The molecule has 3 amide bonds.